The van der Waals surface area contributed by atoms with Gasteiger partial charge in [0, 0.05) is 11.3 Å². The average molecular weight is 233 g/mol. The van der Waals surface area contributed by atoms with E-state index in [2.05, 4.69) is 10.0 Å². The van der Waals surface area contributed by atoms with Crippen molar-refractivity contribution in [1.29, 1.82) is 0 Å². The van der Waals surface area contributed by atoms with E-state index >= 15 is 0 Å². The number of benzene rings is 1. The van der Waals surface area contributed by atoms with Gasteiger partial charge in [0.05, 0.1) is 19.3 Å². The highest BCUT2D eigenvalue weighted by molar-refractivity contribution is 5.13. The molecule has 17 heavy (non-hydrogen) atoms. The fraction of sp³-hybridized carbons (Fsp3) is 0.500. The summed E-state index contributed by atoms with van der Waals surface area (Å²) >= 11 is 0. The van der Waals surface area contributed by atoms with Crippen molar-refractivity contribution in [3.8, 4) is 0 Å². The Bertz CT molecular complexity index is 390. The number of azide groups is 1. The maximum atomic E-state index is 8.22. The molecular weight excluding hydrogens is 218 g/mol. The van der Waals surface area contributed by atoms with Gasteiger partial charge in [-0.05, 0) is 17.5 Å². The van der Waals surface area contributed by atoms with Crippen molar-refractivity contribution in [3.63, 3.8) is 0 Å². The second-order valence-electron chi connectivity index (χ2n) is 3.98. The maximum Gasteiger partial charge on any atom is 0.158 e. The third kappa shape index (κ3) is 3.75. The molecule has 1 aromatic rings. The SMILES string of the molecule is [N-]=[N+]=NC[C@@H]1CC[C@H](OCc2ccccc2)O1. The maximum absolute atomic E-state index is 8.22. The van der Waals surface area contributed by atoms with Crippen molar-refractivity contribution in [2.75, 3.05) is 6.54 Å². The summed E-state index contributed by atoms with van der Waals surface area (Å²) in [5, 5.41) is 3.51. The zero-order valence-electron chi connectivity index (χ0n) is 9.53. The lowest BCUT2D eigenvalue weighted by Crippen LogP contribution is -2.16. The lowest BCUT2D eigenvalue weighted by Gasteiger charge is -2.13. The summed E-state index contributed by atoms with van der Waals surface area (Å²) in [6.45, 7) is 0.946. The van der Waals surface area contributed by atoms with Gasteiger partial charge in [-0.2, -0.15) is 0 Å². The van der Waals surface area contributed by atoms with Crippen LogP contribution in [0.25, 0.3) is 10.4 Å². The van der Waals surface area contributed by atoms with E-state index < -0.39 is 0 Å². The van der Waals surface area contributed by atoms with Crippen LogP contribution in [0.3, 0.4) is 0 Å². The number of hydrogen-bond acceptors (Lipinski definition) is 3. The van der Waals surface area contributed by atoms with Gasteiger partial charge in [0.15, 0.2) is 6.29 Å². The molecule has 0 spiro atoms. The first kappa shape index (κ1) is 11.9. The standard InChI is InChI=1S/C12H15N3O2/c13-15-14-8-11-6-7-12(17-11)16-9-10-4-2-1-3-5-10/h1-5,11-12H,6-9H2/t11-,12+/m0/s1. The van der Waals surface area contributed by atoms with E-state index in [9.17, 15) is 0 Å². The molecule has 1 aromatic carbocycles. The molecule has 0 unspecified atom stereocenters. The molecule has 0 aliphatic carbocycles. The van der Waals surface area contributed by atoms with Crippen LogP contribution in [0.5, 0.6) is 0 Å². The van der Waals surface area contributed by atoms with Gasteiger partial charge in [0.2, 0.25) is 0 Å². The van der Waals surface area contributed by atoms with E-state index in [1.165, 1.54) is 0 Å². The van der Waals surface area contributed by atoms with Crippen LogP contribution < -0.4 is 0 Å². The molecule has 0 bridgehead atoms. The van der Waals surface area contributed by atoms with Crippen LogP contribution in [-0.4, -0.2) is 18.9 Å². The van der Waals surface area contributed by atoms with Crippen molar-refractivity contribution >= 4 is 0 Å². The molecule has 1 heterocycles. The second kappa shape index (κ2) is 6.25. The van der Waals surface area contributed by atoms with Crippen molar-refractivity contribution < 1.29 is 9.47 Å². The first-order valence-corrected chi connectivity index (χ1v) is 5.70. The predicted octanol–water partition coefficient (Wildman–Crippen LogP) is 3.02. The predicted molar refractivity (Wildman–Crippen MR) is 63.1 cm³/mol. The number of rotatable bonds is 5. The number of ether oxygens (including phenoxy) is 2. The van der Waals surface area contributed by atoms with Gasteiger partial charge in [-0.3, -0.25) is 0 Å². The summed E-state index contributed by atoms with van der Waals surface area (Å²) in [5.74, 6) is 0. The van der Waals surface area contributed by atoms with Crippen LogP contribution in [0.4, 0.5) is 0 Å². The van der Waals surface area contributed by atoms with Crippen LogP contribution >= 0.6 is 0 Å². The lowest BCUT2D eigenvalue weighted by molar-refractivity contribution is -0.138. The second-order valence-corrected chi connectivity index (χ2v) is 3.98. The Morgan fingerprint density at radius 1 is 1.35 bits per heavy atom. The van der Waals surface area contributed by atoms with Gasteiger partial charge >= 0.3 is 0 Å². The van der Waals surface area contributed by atoms with E-state index in [1.54, 1.807) is 0 Å². The molecule has 0 saturated carbocycles. The monoisotopic (exact) mass is 233 g/mol. The van der Waals surface area contributed by atoms with Crippen LogP contribution in [0.15, 0.2) is 35.4 Å². The number of hydrogen-bond donors (Lipinski definition) is 0. The quantitative estimate of drug-likeness (QED) is 0.445. The van der Waals surface area contributed by atoms with E-state index in [-0.39, 0.29) is 12.4 Å². The molecule has 0 radical (unpaired) electrons. The van der Waals surface area contributed by atoms with Crippen LogP contribution in [0, 0.1) is 0 Å². The fourth-order valence-corrected chi connectivity index (χ4v) is 1.82. The van der Waals surface area contributed by atoms with Crippen LogP contribution in [0.2, 0.25) is 0 Å². The normalized spacial score (nSPS) is 23.3. The zero-order chi connectivity index (χ0) is 11.9. The van der Waals surface area contributed by atoms with E-state index in [4.69, 9.17) is 15.0 Å². The molecule has 5 nitrogen and oxygen atoms in total. The van der Waals surface area contributed by atoms with Crippen molar-refractivity contribution in [1.82, 2.24) is 0 Å². The minimum Gasteiger partial charge on any atom is -0.349 e. The molecule has 2 atom stereocenters. The Kier molecular flexibility index (Phi) is 4.38. The highest BCUT2D eigenvalue weighted by Crippen LogP contribution is 2.21. The Labute approximate surface area is 100.0 Å². The smallest absolute Gasteiger partial charge is 0.158 e. The largest absolute Gasteiger partial charge is 0.349 e. The fourth-order valence-electron chi connectivity index (χ4n) is 1.82. The molecule has 1 aliphatic heterocycles. The van der Waals surface area contributed by atoms with Gasteiger partial charge in [-0.25, -0.2) is 0 Å². The third-order valence-electron chi connectivity index (χ3n) is 2.70. The van der Waals surface area contributed by atoms with Crippen molar-refractivity contribution in [2.24, 2.45) is 5.11 Å². The van der Waals surface area contributed by atoms with E-state index in [1.807, 2.05) is 30.3 Å². The molecule has 0 N–H and O–H groups in total. The summed E-state index contributed by atoms with van der Waals surface area (Å²) in [6, 6.07) is 9.99. The zero-order valence-corrected chi connectivity index (χ0v) is 9.53. The molecule has 90 valence electrons. The van der Waals surface area contributed by atoms with Gasteiger partial charge in [-0.1, -0.05) is 35.4 Å². The lowest BCUT2D eigenvalue weighted by atomic mass is 10.2. The van der Waals surface area contributed by atoms with E-state index in [0.29, 0.717) is 13.2 Å². The topological polar surface area (TPSA) is 67.2 Å². The summed E-state index contributed by atoms with van der Waals surface area (Å²) in [4.78, 5) is 2.72. The highest BCUT2D eigenvalue weighted by Gasteiger charge is 2.24. The Morgan fingerprint density at radius 2 is 2.18 bits per heavy atom. The summed E-state index contributed by atoms with van der Waals surface area (Å²) in [7, 11) is 0. The highest BCUT2D eigenvalue weighted by atomic mass is 16.7. The summed E-state index contributed by atoms with van der Waals surface area (Å²) in [6.07, 6.45) is 1.58. The van der Waals surface area contributed by atoms with Gasteiger partial charge in [0.25, 0.3) is 0 Å². The molecule has 0 aromatic heterocycles. The van der Waals surface area contributed by atoms with Crippen molar-refractivity contribution in [2.45, 2.75) is 31.8 Å². The number of nitrogens with zero attached hydrogens (tertiary/aromatic N) is 3. The van der Waals surface area contributed by atoms with Crippen molar-refractivity contribution in [3.05, 3.63) is 46.3 Å². The molecule has 1 fully saturated rings. The average Bonchev–Trinajstić information content (AvgIpc) is 2.83. The van der Waals surface area contributed by atoms with Gasteiger partial charge in [0.1, 0.15) is 0 Å². The van der Waals surface area contributed by atoms with E-state index in [0.717, 1.165) is 18.4 Å². The van der Waals surface area contributed by atoms with Gasteiger partial charge < -0.3 is 9.47 Å². The van der Waals surface area contributed by atoms with Gasteiger partial charge in [-0.15, -0.1) is 0 Å². The first-order valence-electron chi connectivity index (χ1n) is 5.70. The molecule has 5 heteroatoms. The third-order valence-corrected chi connectivity index (χ3v) is 2.70. The van der Waals surface area contributed by atoms with Crippen LogP contribution in [-0.2, 0) is 16.1 Å². The molecular formula is C12H15N3O2. The molecule has 1 saturated heterocycles. The Hall–Kier alpha value is -1.55. The summed E-state index contributed by atoms with van der Waals surface area (Å²) in [5.41, 5.74) is 9.35. The molecule has 1 aliphatic rings. The Balaban J connectivity index is 1.73. The minimum absolute atomic E-state index is 0.00618. The van der Waals surface area contributed by atoms with Crippen LogP contribution in [0.1, 0.15) is 18.4 Å². The minimum atomic E-state index is -0.172. The molecule has 2 rings (SSSR count). The molecule has 0 amide bonds. The first-order chi connectivity index (χ1) is 8.38. The summed E-state index contributed by atoms with van der Waals surface area (Å²) < 4.78 is 11.2. The Morgan fingerprint density at radius 3 is 2.94 bits per heavy atom.